The Bertz CT molecular complexity index is 509. The van der Waals surface area contributed by atoms with Crippen LogP contribution in [-0.4, -0.2) is 12.7 Å². The van der Waals surface area contributed by atoms with Gasteiger partial charge in [-0.1, -0.05) is 48.5 Å². The van der Waals surface area contributed by atoms with E-state index in [-0.39, 0.29) is 0 Å². The molecule has 1 aliphatic heterocycles. The molecule has 16 heavy (non-hydrogen) atoms. The highest BCUT2D eigenvalue weighted by atomic mass is 16.6. The zero-order valence-corrected chi connectivity index (χ0v) is 8.89. The SMILES string of the molecule is c1ccc2c(c1)-c1ccccc1C2C1CO1. The zero-order chi connectivity index (χ0) is 10.5. The minimum absolute atomic E-state index is 0.407. The first-order valence-corrected chi connectivity index (χ1v) is 5.75. The summed E-state index contributed by atoms with van der Waals surface area (Å²) in [4.78, 5) is 0. The van der Waals surface area contributed by atoms with E-state index >= 15 is 0 Å². The lowest BCUT2D eigenvalue weighted by molar-refractivity contribution is 0.391. The Kier molecular flexibility index (Phi) is 1.58. The molecule has 1 atom stereocenters. The predicted octanol–water partition coefficient (Wildman–Crippen LogP) is 3.20. The second-order valence-electron chi connectivity index (χ2n) is 4.52. The molecule has 1 unspecified atom stereocenters. The van der Waals surface area contributed by atoms with Gasteiger partial charge in [0.2, 0.25) is 0 Å². The monoisotopic (exact) mass is 208 g/mol. The highest BCUT2D eigenvalue weighted by molar-refractivity contribution is 5.79. The van der Waals surface area contributed by atoms with Crippen LogP contribution in [0.1, 0.15) is 17.0 Å². The van der Waals surface area contributed by atoms with Gasteiger partial charge >= 0.3 is 0 Å². The third-order valence-electron chi connectivity index (χ3n) is 3.61. The van der Waals surface area contributed by atoms with Gasteiger partial charge in [-0.15, -0.1) is 0 Å². The largest absolute Gasteiger partial charge is 0.372 e. The van der Waals surface area contributed by atoms with Crippen LogP contribution in [0.2, 0.25) is 0 Å². The third-order valence-corrected chi connectivity index (χ3v) is 3.61. The molecule has 0 spiro atoms. The lowest BCUT2D eigenvalue weighted by Crippen LogP contribution is -2.03. The fourth-order valence-corrected chi connectivity index (χ4v) is 2.84. The molecule has 0 N–H and O–H groups in total. The highest BCUT2D eigenvalue weighted by Gasteiger charge is 2.40. The van der Waals surface area contributed by atoms with E-state index in [1.807, 2.05) is 0 Å². The number of epoxide rings is 1. The molecule has 1 saturated heterocycles. The first-order valence-electron chi connectivity index (χ1n) is 5.75. The van der Waals surface area contributed by atoms with Crippen molar-refractivity contribution < 1.29 is 4.74 Å². The zero-order valence-electron chi connectivity index (χ0n) is 8.89. The minimum Gasteiger partial charge on any atom is -0.372 e. The van der Waals surface area contributed by atoms with Gasteiger partial charge in [-0.3, -0.25) is 0 Å². The fraction of sp³-hybridized carbons (Fsp3) is 0.200. The first-order chi connectivity index (χ1) is 7.95. The van der Waals surface area contributed by atoms with Gasteiger partial charge in [0.05, 0.1) is 12.7 Å². The van der Waals surface area contributed by atoms with E-state index in [2.05, 4.69) is 48.5 Å². The Morgan fingerprint density at radius 3 is 1.81 bits per heavy atom. The van der Waals surface area contributed by atoms with Crippen LogP contribution in [0.15, 0.2) is 48.5 Å². The average molecular weight is 208 g/mol. The predicted molar refractivity (Wildman–Crippen MR) is 63.5 cm³/mol. The average Bonchev–Trinajstić information content (AvgIpc) is 3.11. The van der Waals surface area contributed by atoms with Gasteiger partial charge in [0.15, 0.2) is 0 Å². The van der Waals surface area contributed by atoms with Crippen molar-refractivity contribution in [1.29, 1.82) is 0 Å². The normalized spacial score (nSPS) is 21.6. The Morgan fingerprint density at radius 2 is 1.31 bits per heavy atom. The Labute approximate surface area is 94.7 Å². The van der Waals surface area contributed by atoms with E-state index in [1.165, 1.54) is 22.3 Å². The Hall–Kier alpha value is -1.60. The summed E-state index contributed by atoms with van der Waals surface area (Å²) in [7, 11) is 0. The molecule has 78 valence electrons. The smallest absolute Gasteiger partial charge is 0.0919 e. The van der Waals surface area contributed by atoms with Crippen LogP contribution in [0.4, 0.5) is 0 Å². The van der Waals surface area contributed by atoms with Gasteiger partial charge in [-0.2, -0.15) is 0 Å². The summed E-state index contributed by atoms with van der Waals surface area (Å²) in [6, 6.07) is 17.4. The topological polar surface area (TPSA) is 12.5 Å². The van der Waals surface area contributed by atoms with Crippen molar-refractivity contribution in [1.82, 2.24) is 0 Å². The summed E-state index contributed by atoms with van der Waals surface area (Å²) in [5, 5.41) is 0. The van der Waals surface area contributed by atoms with Gasteiger partial charge in [0.1, 0.15) is 0 Å². The van der Waals surface area contributed by atoms with Crippen LogP contribution in [-0.2, 0) is 4.74 Å². The number of fused-ring (bicyclic) bond motifs is 3. The molecule has 2 aromatic carbocycles. The molecule has 1 heteroatoms. The Morgan fingerprint density at radius 1 is 0.812 bits per heavy atom. The number of rotatable bonds is 1. The number of benzene rings is 2. The molecular formula is C15H12O. The maximum atomic E-state index is 5.51. The summed E-state index contributed by atoms with van der Waals surface area (Å²) >= 11 is 0. The summed E-state index contributed by atoms with van der Waals surface area (Å²) in [6.07, 6.45) is 0.407. The van der Waals surface area contributed by atoms with Crippen molar-refractivity contribution in [3.63, 3.8) is 0 Å². The quantitative estimate of drug-likeness (QED) is 0.656. The molecule has 0 radical (unpaired) electrons. The second kappa shape index (κ2) is 2.96. The number of ether oxygens (including phenoxy) is 1. The number of hydrogen-bond donors (Lipinski definition) is 0. The second-order valence-corrected chi connectivity index (χ2v) is 4.52. The molecule has 1 heterocycles. The summed E-state index contributed by atoms with van der Waals surface area (Å²) in [5.74, 6) is 0.465. The van der Waals surface area contributed by atoms with Gasteiger partial charge < -0.3 is 4.74 Å². The van der Waals surface area contributed by atoms with Crippen molar-refractivity contribution >= 4 is 0 Å². The summed E-state index contributed by atoms with van der Waals surface area (Å²) in [5.41, 5.74) is 5.65. The fourth-order valence-electron chi connectivity index (χ4n) is 2.84. The minimum atomic E-state index is 0.407. The van der Waals surface area contributed by atoms with Crippen LogP contribution in [0.3, 0.4) is 0 Å². The van der Waals surface area contributed by atoms with Gasteiger partial charge in [-0.05, 0) is 22.3 Å². The van der Waals surface area contributed by atoms with E-state index < -0.39 is 0 Å². The van der Waals surface area contributed by atoms with Crippen LogP contribution < -0.4 is 0 Å². The van der Waals surface area contributed by atoms with Crippen molar-refractivity contribution in [2.45, 2.75) is 12.0 Å². The molecule has 0 amide bonds. The molecule has 1 fully saturated rings. The molecule has 0 bridgehead atoms. The molecule has 1 aliphatic carbocycles. The third kappa shape index (κ3) is 1.04. The van der Waals surface area contributed by atoms with Crippen LogP contribution >= 0.6 is 0 Å². The van der Waals surface area contributed by atoms with Gasteiger partial charge in [0, 0.05) is 5.92 Å². The molecule has 0 aromatic heterocycles. The Balaban J connectivity index is 2.01. The van der Waals surface area contributed by atoms with E-state index in [0.29, 0.717) is 12.0 Å². The van der Waals surface area contributed by atoms with Crippen molar-refractivity contribution in [3.8, 4) is 11.1 Å². The van der Waals surface area contributed by atoms with E-state index in [4.69, 9.17) is 4.74 Å². The highest BCUT2D eigenvalue weighted by Crippen LogP contribution is 2.49. The van der Waals surface area contributed by atoms with E-state index in [0.717, 1.165) is 6.61 Å². The maximum Gasteiger partial charge on any atom is 0.0919 e. The van der Waals surface area contributed by atoms with Crippen molar-refractivity contribution in [2.24, 2.45) is 0 Å². The standard InChI is InChI=1S/C15H12O/c1-3-7-12-10(5-1)11-6-2-4-8-13(11)15(12)14-9-16-14/h1-8,14-15H,9H2. The molecule has 4 rings (SSSR count). The summed E-state index contributed by atoms with van der Waals surface area (Å²) < 4.78 is 5.51. The van der Waals surface area contributed by atoms with Gasteiger partial charge in [-0.25, -0.2) is 0 Å². The molecular weight excluding hydrogens is 196 g/mol. The summed E-state index contributed by atoms with van der Waals surface area (Å²) in [6.45, 7) is 0.910. The van der Waals surface area contributed by atoms with Gasteiger partial charge in [0.25, 0.3) is 0 Å². The van der Waals surface area contributed by atoms with E-state index in [1.54, 1.807) is 0 Å². The molecule has 2 aliphatic rings. The molecule has 2 aromatic rings. The lowest BCUT2D eigenvalue weighted by atomic mass is 9.94. The first kappa shape index (κ1) is 8.54. The maximum absolute atomic E-state index is 5.51. The van der Waals surface area contributed by atoms with Crippen molar-refractivity contribution in [2.75, 3.05) is 6.61 Å². The molecule has 1 nitrogen and oxygen atoms in total. The number of hydrogen-bond acceptors (Lipinski definition) is 1. The van der Waals surface area contributed by atoms with E-state index in [9.17, 15) is 0 Å². The lowest BCUT2D eigenvalue weighted by Gasteiger charge is -2.09. The van der Waals surface area contributed by atoms with Crippen molar-refractivity contribution in [3.05, 3.63) is 59.7 Å². The van der Waals surface area contributed by atoms with Crippen LogP contribution in [0.5, 0.6) is 0 Å². The van der Waals surface area contributed by atoms with Crippen LogP contribution in [0.25, 0.3) is 11.1 Å². The molecule has 0 saturated carbocycles. The van der Waals surface area contributed by atoms with Crippen LogP contribution in [0, 0.1) is 0 Å².